The van der Waals surface area contributed by atoms with E-state index in [4.69, 9.17) is 22.1 Å². The average Bonchev–Trinajstić information content (AvgIpc) is 2.41. The summed E-state index contributed by atoms with van der Waals surface area (Å²) < 4.78 is 0. The minimum Gasteiger partial charge on any atom is -0.354 e. The van der Waals surface area contributed by atoms with Crippen LogP contribution in [0.25, 0.3) is 0 Å². The van der Waals surface area contributed by atoms with Gasteiger partial charge in [0, 0.05) is 5.69 Å². The Labute approximate surface area is 116 Å². The molecular formula is C15H10ClN3. The first kappa shape index (κ1) is 13.0. The molecule has 19 heavy (non-hydrogen) atoms. The number of nitrogens with zero attached hydrogens (tertiary/aromatic N) is 2. The summed E-state index contributed by atoms with van der Waals surface area (Å²) in [7, 11) is 0. The van der Waals surface area contributed by atoms with Crippen molar-refractivity contribution >= 4 is 23.0 Å². The van der Waals surface area contributed by atoms with Gasteiger partial charge in [-0.25, -0.2) is 0 Å². The second kappa shape index (κ2) is 5.44. The molecule has 0 amide bonds. The van der Waals surface area contributed by atoms with Gasteiger partial charge >= 0.3 is 0 Å². The Morgan fingerprint density at radius 1 is 1.05 bits per heavy atom. The summed E-state index contributed by atoms with van der Waals surface area (Å²) >= 11 is 5.98. The number of halogens is 1. The summed E-state index contributed by atoms with van der Waals surface area (Å²) in [6.45, 7) is 1.93. The highest BCUT2D eigenvalue weighted by Crippen LogP contribution is 2.28. The first-order valence-electron chi connectivity index (χ1n) is 5.62. The molecule has 1 N–H and O–H groups in total. The maximum Gasteiger partial charge on any atom is 0.103 e. The maximum atomic E-state index is 9.12. The fourth-order valence-corrected chi connectivity index (χ4v) is 1.93. The fraction of sp³-hybridized carbons (Fsp3) is 0.0667. The van der Waals surface area contributed by atoms with Gasteiger partial charge in [0.05, 0.1) is 27.9 Å². The van der Waals surface area contributed by atoms with Crippen molar-refractivity contribution in [3.05, 3.63) is 58.1 Å². The molecule has 0 saturated heterocycles. The molecule has 0 aromatic heterocycles. The number of hydrogen-bond donors (Lipinski definition) is 1. The highest BCUT2D eigenvalue weighted by atomic mass is 35.5. The van der Waals surface area contributed by atoms with Gasteiger partial charge in [0.25, 0.3) is 0 Å². The first-order chi connectivity index (χ1) is 9.15. The van der Waals surface area contributed by atoms with Crippen LogP contribution in [0.1, 0.15) is 16.7 Å². The van der Waals surface area contributed by atoms with Crippen molar-refractivity contribution in [2.45, 2.75) is 6.92 Å². The van der Waals surface area contributed by atoms with Crippen LogP contribution in [0.15, 0.2) is 36.4 Å². The Balaban J connectivity index is 2.46. The highest BCUT2D eigenvalue weighted by molar-refractivity contribution is 6.32. The molecule has 0 aliphatic carbocycles. The lowest BCUT2D eigenvalue weighted by Crippen LogP contribution is -1.97. The van der Waals surface area contributed by atoms with Crippen molar-refractivity contribution < 1.29 is 0 Å². The van der Waals surface area contributed by atoms with E-state index in [9.17, 15) is 0 Å². The predicted molar refractivity (Wildman–Crippen MR) is 75.3 cm³/mol. The first-order valence-corrected chi connectivity index (χ1v) is 6.00. The summed E-state index contributed by atoms with van der Waals surface area (Å²) in [6.07, 6.45) is 0. The van der Waals surface area contributed by atoms with Crippen LogP contribution >= 0.6 is 11.6 Å². The summed E-state index contributed by atoms with van der Waals surface area (Å²) in [5.74, 6) is 0. The van der Waals surface area contributed by atoms with Crippen molar-refractivity contribution in [2.24, 2.45) is 0 Å². The fourth-order valence-electron chi connectivity index (χ4n) is 1.71. The summed E-state index contributed by atoms with van der Waals surface area (Å²) in [5.41, 5.74) is 3.37. The molecule has 3 nitrogen and oxygen atoms in total. The zero-order chi connectivity index (χ0) is 13.8. The van der Waals surface area contributed by atoms with Gasteiger partial charge in [0.2, 0.25) is 0 Å². The van der Waals surface area contributed by atoms with Gasteiger partial charge in [0.15, 0.2) is 0 Å². The lowest BCUT2D eigenvalue weighted by atomic mass is 10.1. The number of hydrogen-bond acceptors (Lipinski definition) is 3. The van der Waals surface area contributed by atoms with Crippen LogP contribution in [0.5, 0.6) is 0 Å². The Kier molecular flexibility index (Phi) is 3.71. The molecule has 0 bridgehead atoms. The molecule has 0 radical (unpaired) electrons. The molecule has 2 aromatic rings. The van der Waals surface area contributed by atoms with Crippen LogP contribution in [-0.4, -0.2) is 0 Å². The van der Waals surface area contributed by atoms with Crippen LogP contribution in [0.3, 0.4) is 0 Å². The number of rotatable bonds is 2. The molecule has 2 rings (SSSR count). The summed E-state index contributed by atoms with van der Waals surface area (Å²) in [4.78, 5) is 0. The largest absolute Gasteiger partial charge is 0.354 e. The molecule has 2 aromatic carbocycles. The molecular weight excluding hydrogens is 258 g/mol. The van der Waals surface area contributed by atoms with Crippen molar-refractivity contribution in [1.29, 1.82) is 10.5 Å². The molecule has 92 valence electrons. The van der Waals surface area contributed by atoms with E-state index < -0.39 is 0 Å². The minimum atomic E-state index is 0.394. The van der Waals surface area contributed by atoms with Gasteiger partial charge in [-0.1, -0.05) is 23.7 Å². The van der Waals surface area contributed by atoms with E-state index in [-0.39, 0.29) is 0 Å². The van der Waals surface area contributed by atoms with Crippen LogP contribution in [0.2, 0.25) is 5.02 Å². The van der Waals surface area contributed by atoms with Gasteiger partial charge in [-0.2, -0.15) is 10.5 Å². The second-order valence-corrected chi connectivity index (χ2v) is 4.45. The zero-order valence-electron chi connectivity index (χ0n) is 10.2. The molecule has 0 atom stereocenters. The van der Waals surface area contributed by atoms with Crippen LogP contribution in [-0.2, 0) is 0 Å². The molecule has 0 heterocycles. The van der Waals surface area contributed by atoms with E-state index in [1.54, 1.807) is 30.3 Å². The zero-order valence-corrected chi connectivity index (χ0v) is 11.0. The van der Waals surface area contributed by atoms with E-state index in [1.807, 2.05) is 13.0 Å². The lowest BCUT2D eigenvalue weighted by Gasteiger charge is -2.11. The van der Waals surface area contributed by atoms with E-state index in [0.717, 1.165) is 11.3 Å². The van der Waals surface area contributed by atoms with Gasteiger partial charge in [-0.3, -0.25) is 0 Å². The third-order valence-electron chi connectivity index (χ3n) is 2.76. The van der Waals surface area contributed by atoms with Gasteiger partial charge in [-0.05, 0) is 36.8 Å². The standard InChI is InChI=1S/C15H10ClN3/c1-10-5-6-11(8-17)7-15(10)19-14-4-2-3-13(16)12(14)9-18/h2-7,19H,1H3. The van der Waals surface area contributed by atoms with Crippen molar-refractivity contribution in [3.63, 3.8) is 0 Å². The van der Waals surface area contributed by atoms with Crippen molar-refractivity contribution in [1.82, 2.24) is 0 Å². The van der Waals surface area contributed by atoms with Gasteiger partial charge in [0.1, 0.15) is 6.07 Å². The molecule has 0 unspecified atom stereocenters. The average molecular weight is 268 g/mol. The maximum absolute atomic E-state index is 9.12. The SMILES string of the molecule is Cc1ccc(C#N)cc1Nc1cccc(Cl)c1C#N. The third kappa shape index (κ3) is 2.68. The quantitative estimate of drug-likeness (QED) is 0.890. The van der Waals surface area contributed by atoms with E-state index in [1.165, 1.54) is 0 Å². The Hall–Kier alpha value is -2.49. The van der Waals surface area contributed by atoms with Gasteiger partial charge in [-0.15, -0.1) is 0 Å². The van der Waals surface area contributed by atoms with E-state index in [2.05, 4.69) is 17.5 Å². The van der Waals surface area contributed by atoms with Crippen LogP contribution in [0.4, 0.5) is 11.4 Å². The number of anilines is 2. The topological polar surface area (TPSA) is 59.6 Å². The molecule has 0 fully saturated rings. The third-order valence-corrected chi connectivity index (χ3v) is 3.08. The molecule has 0 aliphatic rings. The molecule has 0 saturated carbocycles. The van der Waals surface area contributed by atoms with E-state index >= 15 is 0 Å². The monoisotopic (exact) mass is 267 g/mol. The molecule has 0 spiro atoms. The smallest absolute Gasteiger partial charge is 0.103 e. The highest BCUT2D eigenvalue weighted by Gasteiger charge is 2.08. The van der Waals surface area contributed by atoms with Gasteiger partial charge < -0.3 is 5.32 Å². The summed E-state index contributed by atoms with van der Waals surface area (Å²) in [5, 5.41) is 21.6. The Morgan fingerprint density at radius 2 is 1.84 bits per heavy atom. The number of benzene rings is 2. The molecule has 0 aliphatic heterocycles. The second-order valence-electron chi connectivity index (χ2n) is 4.04. The van der Waals surface area contributed by atoms with Crippen molar-refractivity contribution in [3.8, 4) is 12.1 Å². The van der Waals surface area contributed by atoms with Crippen molar-refractivity contribution in [2.75, 3.05) is 5.32 Å². The van der Waals surface area contributed by atoms with E-state index in [0.29, 0.717) is 21.8 Å². The normalized spacial score (nSPS) is 9.47. The predicted octanol–water partition coefficient (Wildman–Crippen LogP) is 4.14. The van der Waals surface area contributed by atoms with Crippen LogP contribution in [0, 0.1) is 29.6 Å². The van der Waals surface area contributed by atoms with Crippen LogP contribution < -0.4 is 5.32 Å². The number of nitrogens with one attached hydrogen (secondary N) is 1. The Morgan fingerprint density at radius 3 is 2.53 bits per heavy atom. The Bertz CT molecular complexity index is 708. The lowest BCUT2D eigenvalue weighted by molar-refractivity contribution is 1.39. The minimum absolute atomic E-state index is 0.394. The molecule has 4 heteroatoms. The number of nitriles is 2. The summed E-state index contributed by atoms with van der Waals surface area (Å²) in [6, 6.07) is 14.7. The number of aryl methyl sites for hydroxylation is 1.